The first kappa shape index (κ1) is 24.0. The molecule has 1 saturated heterocycles. The van der Waals surface area contributed by atoms with Gasteiger partial charge in [-0.2, -0.15) is 5.10 Å². The molecule has 34 heavy (non-hydrogen) atoms. The van der Waals surface area contributed by atoms with Gasteiger partial charge in [0.1, 0.15) is 18.1 Å². The molecule has 1 aromatic carbocycles. The average Bonchev–Trinajstić information content (AvgIpc) is 2.89. The molecule has 2 aliphatic rings. The van der Waals surface area contributed by atoms with Crippen molar-refractivity contribution in [2.45, 2.75) is 51.5 Å². The molecule has 2 amide bonds. The number of ether oxygens (including phenoxy) is 1. The van der Waals surface area contributed by atoms with Gasteiger partial charge in [0.2, 0.25) is 5.91 Å². The molecule has 0 N–H and O–H groups in total. The van der Waals surface area contributed by atoms with Crippen molar-refractivity contribution in [3.05, 3.63) is 58.5 Å². The van der Waals surface area contributed by atoms with E-state index in [1.165, 1.54) is 48.9 Å². The minimum atomic E-state index is -0.276. The van der Waals surface area contributed by atoms with E-state index in [-0.39, 0.29) is 36.2 Å². The maximum Gasteiger partial charge on any atom is 0.274 e. The second-order valence-electron chi connectivity index (χ2n) is 9.16. The van der Waals surface area contributed by atoms with Crippen LogP contribution in [0.4, 0.5) is 0 Å². The summed E-state index contributed by atoms with van der Waals surface area (Å²) in [6.07, 6.45) is 8.01. The number of carbonyl (C=O) groups excluding carboxylic acids is 2. The van der Waals surface area contributed by atoms with Crippen LogP contribution in [0, 0.1) is 5.92 Å². The first-order chi connectivity index (χ1) is 16.6. The minimum absolute atomic E-state index is 0.197. The van der Waals surface area contributed by atoms with Crippen LogP contribution in [0.25, 0.3) is 0 Å². The van der Waals surface area contributed by atoms with Crippen LogP contribution in [0.5, 0.6) is 5.75 Å². The Morgan fingerprint density at radius 2 is 1.62 bits per heavy atom. The summed E-state index contributed by atoms with van der Waals surface area (Å²) in [5, 5.41) is 4.27. The highest BCUT2D eigenvalue weighted by atomic mass is 16.5. The minimum Gasteiger partial charge on any atom is -0.492 e. The van der Waals surface area contributed by atoms with E-state index in [0.717, 1.165) is 6.42 Å². The summed E-state index contributed by atoms with van der Waals surface area (Å²) in [4.78, 5) is 41.4. The molecule has 0 spiro atoms. The van der Waals surface area contributed by atoms with Crippen LogP contribution in [0.3, 0.4) is 0 Å². The molecule has 1 aliphatic heterocycles. The maximum atomic E-state index is 13.0. The largest absolute Gasteiger partial charge is 0.492 e. The Bertz CT molecular complexity index is 1010. The molecule has 0 bridgehead atoms. The molecule has 8 heteroatoms. The number of amides is 2. The topological polar surface area (TPSA) is 84.7 Å². The molecule has 8 nitrogen and oxygen atoms in total. The number of aromatic nitrogens is 2. The summed E-state index contributed by atoms with van der Waals surface area (Å²) in [5.41, 5.74) is -0.0435. The number of carbonyl (C=O) groups is 2. The van der Waals surface area contributed by atoms with E-state index >= 15 is 0 Å². The zero-order valence-electron chi connectivity index (χ0n) is 19.7. The van der Waals surface area contributed by atoms with E-state index in [9.17, 15) is 14.4 Å². The Hall–Kier alpha value is -3.16. The quantitative estimate of drug-likeness (QED) is 0.597. The fraction of sp³-hybridized carbons (Fsp3) is 0.538. The molecule has 182 valence electrons. The molecule has 0 radical (unpaired) electrons. The van der Waals surface area contributed by atoms with Gasteiger partial charge in [-0.05, 0) is 30.5 Å². The van der Waals surface area contributed by atoms with Crippen molar-refractivity contribution >= 4 is 11.8 Å². The number of para-hydroxylation sites is 1. The molecule has 4 rings (SSSR count). The number of benzene rings is 1. The van der Waals surface area contributed by atoms with Gasteiger partial charge in [-0.25, -0.2) is 4.68 Å². The fourth-order valence-electron chi connectivity index (χ4n) is 4.77. The summed E-state index contributed by atoms with van der Waals surface area (Å²) < 4.78 is 6.91. The summed E-state index contributed by atoms with van der Waals surface area (Å²) in [7, 11) is 0. The van der Waals surface area contributed by atoms with Crippen LogP contribution in [0.1, 0.15) is 55.4 Å². The standard InChI is InChI=1S/C26H34N4O4/c31-24(13-11-21-7-3-1-4-8-21)28-15-17-29(18-16-28)26(33)23-12-14-25(32)30(27-23)19-20-34-22-9-5-2-6-10-22/h2,5-6,9-10,12,14,21H,1,3-4,7-8,11,13,15-20H2. The lowest BCUT2D eigenvalue weighted by Crippen LogP contribution is -2.51. The highest BCUT2D eigenvalue weighted by molar-refractivity contribution is 5.92. The van der Waals surface area contributed by atoms with Crippen LogP contribution in [0.2, 0.25) is 0 Å². The highest BCUT2D eigenvalue weighted by Crippen LogP contribution is 2.27. The van der Waals surface area contributed by atoms with Crippen LogP contribution < -0.4 is 10.3 Å². The van der Waals surface area contributed by atoms with E-state index in [1.807, 2.05) is 35.2 Å². The first-order valence-electron chi connectivity index (χ1n) is 12.4. The van der Waals surface area contributed by atoms with Crippen molar-refractivity contribution in [3.8, 4) is 5.75 Å². The van der Waals surface area contributed by atoms with Crippen molar-refractivity contribution in [1.82, 2.24) is 19.6 Å². The second-order valence-corrected chi connectivity index (χ2v) is 9.16. The maximum absolute atomic E-state index is 13.0. The van der Waals surface area contributed by atoms with E-state index in [2.05, 4.69) is 5.10 Å². The van der Waals surface area contributed by atoms with Crippen molar-refractivity contribution < 1.29 is 14.3 Å². The van der Waals surface area contributed by atoms with Gasteiger partial charge in [-0.15, -0.1) is 0 Å². The molecule has 1 aromatic heterocycles. The van der Waals surface area contributed by atoms with Crippen LogP contribution in [-0.2, 0) is 11.3 Å². The third-order valence-corrected chi connectivity index (χ3v) is 6.81. The molecular formula is C26H34N4O4. The fourth-order valence-corrected chi connectivity index (χ4v) is 4.77. The first-order valence-corrected chi connectivity index (χ1v) is 12.4. The van der Waals surface area contributed by atoms with E-state index in [4.69, 9.17) is 4.74 Å². The molecule has 2 fully saturated rings. The SMILES string of the molecule is O=C(CCC1CCCCC1)N1CCN(C(=O)c2ccc(=O)n(CCOc3ccccc3)n2)CC1. The zero-order valence-corrected chi connectivity index (χ0v) is 19.7. The predicted molar refractivity (Wildman–Crippen MR) is 129 cm³/mol. The summed E-state index contributed by atoms with van der Waals surface area (Å²) in [5.74, 6) is 1.39. The lowest BCUT2D eigenvalue weighted by atomic mass is 9.86. The van der Waals surface area contributed by atoms with E-state index in [0.29, 0.717) is 44.3 Å². The number of rotatable bonds is 8. The number of piperazine rings is 1. The van der Waals surface area contributed by atoms with Crippen molar-refractivity contribution in [1.29, 1.82) is 0 Å². The number of hydrogen-bond donors (Lipinski definition) is 0. The van der Waals surface area contributed by atoms with Crippen LogP contribution in [-0.4, -0.2) is 64.2 Å². The molecule has 0 unspecified atom stereocenters. The normalized spacial score (nSPS) is 16.9. The van der Waals surface area contributed by atoms with Crippen molar-refractivity contribution in [2.24, 2.45) is 5.92 Å². The number of hydrogen-bond acceptors (Lipinski definition) is 5. The molecule has 2 aromatic rings. The summed E-state index contributed by atoms with van der Waals surface area (Å²) in [6.45, 7) is 2.56. The smallest absolute Gasteiger partial charge is 0.274 e. The van der Waals surface area contributed by atoms with Crippen LogP contribution >= 0.6 is 0 Å². The molecule has 2 heterocycles. The lowest BCUT2D eigenvalue weighted by Gasteiger charge is -2.35. The molecular weight excluding hydrogens is 432 g/mol. The van der Waals surface area contributed by atoms with Gasteiger partial charge in [0.15, 0.2) is 0 Å². The Kier molecular flexibility index (Phi) is 8.33. The highest BCUT2D eigenvalue weighted by Gasteiger charge is 2.26. The van der Waals surface area contributed by atoms with Gasteiger partial charge in [0, 0.05) is 38.7 Å². The van der Waals surface area contributed by atoms with Gasteiger partial charge >= 0.3 is 0 Å². The van der Waals surface area contributed by atoms with Crippen molar-refractivity contribution in [3.63, 3.8) is 0 Å². The Balaban J connectivity index is 1.25. The Labute approximate surface area is 200 Å². The predicted octanol–water partition coefficient (Wildman–Crippen LogP) is 2.97. The average molecular weight is 467 g/mol. The third-order valence-electron chi connectivity index (χ3n) is 6.81. The zero-order chi connectivity index (χ0) is 23.8. The third kappa shape index (κ3) is 6.46. The van der Waals surface area contributed by atoms with Gasteiger partial charge in [-0.1, -0.05) is 50.3 Å². The molecule has 1 saturated carbocycles. The van der Waals surface area contributed by atoms with E-state index < -0.39 is 0 Å². The molecule has 0 atom stereocenters. The lowest BCUT2D eigenvalue weighted by molar-refractivity contribution is -0.133. The Morgan fingerprint density at radius 1 is 0.912 bits per heavy atom. The summed E-state index contributed by atoms with van der Waals surface area (Å²) in [6, 6.07) is 12.2. The van der Waals surface area contributed by atoms with E-state index in [1.54, 1.807) is 4.90 Å². The Morgan fingerprint density at radius 3 is 2.35 bits per heavy atom. The molecule has 1 aliphatic carbocycles. The number of nitrogens with zero attached hydrogens (tertiary/aromatic N) is 4. The summed E-state index contributed by atoms with van der Waals surface area (Å²) >= 11 is 0. The van der Waals surface area contributed by atoms with Crippen molar-refractivity contribution in [2.75, 3.05) is 32.8 Å². The monoisotopic (exact) mass is 466 g/mol. The van der Waals surface area contributed by atoms with Crippen LogP contribution in [0.15, 0.2) is 47.3 Å². The van der Waals surface area contributed by atoms with Gasteiger partial charge in [0.25, 0.3) is 11.5 Å². The van der Waals surface area contributed by atoms with Gasteiger partial charge in [-0.3, -0.25) is 14.4 Å². The second kappa shape index (κ2) is 11.8. The van der Waals surface area contributed by atoms with Gasteiger partial charge < -0.3 is 14.5 Å². The van der Waals surface area contributed by atoms with Gasteiger partial charge in [0.05, 0.1) is 6.54 Å².